The number of benzene rings is 3. The lowest BCUT2D eigenvalue weighted by molar-refractivity contribution is 0.0194. The number of rotatable bonds is 10. The Kier molecular flexibility index (Phi) is 10.4. The van der Waals surface area contributed by atoms with Gasteiger partial charge in [-0.05, 0) is 128 Å². The van der Waals surface area contributed by atoms with Gasteiger partial charge < -0.3 is 4.74 Å². The molecule has 7 heteroatoms. The molecule has 0 N–H and O–H groups in total. The smallest absolute Gasteiger partial charge is 0.411 e. The van der Waals surface area contributed by atoms with E-state index >= 15 is 0 Å². The lowest BCUT2D eigenvalue weighted by Gasteiger charge is -2.32. The second-order valence-corrected chi connectivity index (χ2v) is 14.5. The minimum Gasteiger partial charge on any atom is -0.444 e. The molecule has 2 aromatic heterocycles. The van der Waals surface area contributed by atoms with Crippen LogP contribution in [-0.4, -0.2) is 45.3 Å². The molecule has 266 valence electrons. The van der Waals surface area contributed by atoms with Gasteiger partial charge in [-0.2, -0.15) is 0 Å². The van der Waals surface area contributed by atoms with Crippen LogP contribution in [0.4, 0.5) is 4.79 Å². The molecule has 0 radical (unpaired) electrons. The summed E-state index contributed by atoms with van der Waals surface area (Å²) in [4.78, 5) is 37.3. The van der Waals surface area contributed by atoms with Crippen LogP contribution < -0.4 is 5.56 Å². The lowest BCUT2D eigenvalue weighted by Crippen LogP contribution is -2.41. The zero-order chi connectivity index (χ0) is 37.2. The third-order valence-electron chi connectivity index (χ3n) is 10.0. The second-order valence-electron chi connectivity index (χ2n) is 14.5. The third kappa shape index (κ3) is 7.26. The molecule has 6 rings (SSSR count). The molecule has 1 unspecified atom stereocenters. The predicted molar refractivity (Wildman–Crippen MR) is 214 cm³/mol. The molecule has 2 heterocycles. The number of fused-ring (bicyclic) bond motifs is 2. The summed E-state index contributed by atoms with van der Waals surface area (Å²) in [5.74, 6) is 0. The van der Waals surface area contributed by atoms with Crippen LogP contribution in [0.3, 0.4) is 0 Å². The number of pyridine rings is 1. The molecule has 1 amide bonds. The number of nitrogens with zero attached hydrogens (tertiary/aromatic N) is 4. The van der Waals surface area contributed by atoms with Gasteiger partial charge in [-0.1, -0.05) is 73.3 Å². The van der Waals surface area contributed by atoms with Crippen molar-refractivity contribution in [2.75, 3.05) is 13.6 Å². The van der Waals surface area contributed by atoms with Crippen molar-refractivity contribution in [2.45, 2.75) is 71.9 Å². The van der Waals surface area contributed by atoms with Crippen molar-refractivity contribution in [1.29, 1.82) is 0 Å². The molecule has 7 nitrogen and oxygen atoms in total. The number of amides is 1. The molecule has 1 aliphatic carbocycles. The van der Waals surface area contributed by atoms with E-state index in [4.69, 9.17) is 4.74 Å². The average molecular weight is 693 g/mol. The van der Waals surface area contributed by atoms with E-state index in [-0.39, 0.29) is 17.7 Å². The van der Waals surface area contributed by atoms with Crippen LogP contribution in [-0.2, 0) is 11.2 Å². The van der Waals surface area contributed by atoms with E-state index in [9.17, 15) is 9.59 Å². The highest BCUT2D eigenvalue weighted by molar-refractivity contribution is 5.89. The van der Waals surface area contributed by atoms with Crippen LogP contribution in [0.5, 0.6) is 0 Å². The molecule has 0 fully saturated rings. The molecule has 1 aliphatic rings. The molecule has 0 aliphatic heterocycles. The first-order valence-corrected chi connectivity index (χ1v) is 18.0. The van der Waals surface area contributed by atoms with E-state index in [2.05, 4.69) is 91.6 Å². The summed E-state index contributed by atoms with van der Waals surface area (Å²) in [5.41, 5.74) is 12.8. The molecule has 1 atom stereocenters. The SMILES string of the molecule is C=CCCC(CN(C(=O)OC(C)(C)C)C1CCc2cc(-c3cccc(-c4cccc(-c5ccn6c(=O)c(C=C)cnc6c5)c4C)c3C)ccc21)=NC. The first-order valence-electron chi connectivity index (χ1n) is 18.0. The van der Waals surface area contributed by atoms with Gasteiger partial charge >= 0.3 is 6.09 Å². The van der Waals surface area contributed by atoms with Crippen molar-refractivity contribution < 1.29 is 9.53 Å². The van der Waals surface area contributed by atoms with E-state index in [0.29, 0.717) is 17.8 Å². The number of hydrogen-bond donors (Lipinski definition) is 0. The predicted octanol–water partition coefficient (Wildman–Crippen LogP) is 10.2. The van der Waals surface area contributed by atoms with Crippen LogP contribution in [0.15, 0.2) is 108 Å². The first kappa shape index (κ1) is 36.2. The van der Waals surface area contributed by atoms with Gasteiger partial charge in [0.15, 0.2) is 0 Å². The average Bonchev–Trinajstić information content (AvgIpc) is 3.54. The third-order valence-corrected chi connectivity index (χ3v) is 10.0. The summed E-state index contributed by atoms with van der Waals surface area (Å²) in [5, 5.41) is 0. The summed E-state index contributed by atoms with van der Waals surface area (Å²) in [6.45, 7) is 18.1. The highest BCUT2D eigenvalue weighted by Crippen LogP contribution is 2.41. The first-order chi connectivity index (χ1) is 24.9. The fourth-order valence-electron chi connectivity index (χ4n) is 7.31. The number of carbonyl (C=O) groups is 1. The van der Waals surface area contributed by atoms with Gasteiger partial charge in [0.05, 0.1) is 18.2 Å². The van der Waals surface area contributed by atoms with Gasteiger partial charge in [-0.3, -0.25) is 19.1 Å². The topological polar surface area (TPSA) is 76.3 Å². The Labute approximate surface area is 307 Å². The lowest BCUT2D eigenvalue weighted by atomic mass is 9.87. The Hall–Kier alpha value is -5.56. The molecule has 5 aromatic rings. The van der Waals surface area contributed by atoms with Crippen molar-refractivity contribution in [2.24, 2.45) is 4.99 Å². The van der Waals surface area contributed by atoms with Crippen LogP contribution in [0.1, 0.15) is 73.9 Å². The molecule has 0 saturated heterocycles. The fraction of sp³-hybridized carbons (Fsp3) is 0.289. The maximum Gasteiger partial charge on any atom is 0.411 e. The van der Waals surface area contributed by atoms with Gasteiger partial charge in [0.1, 0.15) is 11.2 Å². The Bertz CT molecular complexity index is 2270. The maximum absolute atomic E-state index is 13.6. The summed E-state index contributed by atoms with van der Waals surface area (Å²) in [6.07, 6.45) is 9.74. The standard InChI is InChI=1S/C45H48N4O3/c1-9-11-14-35(46-8)28-49(44(51)52-45(5,6)7)41-22-20-33-25-32(19-21-40(33)41)36-15-12-17-38(29(36)3)39-18-13-16-37(30(39)4)34-23-24-48-42(26-34)47-27-31(10-2)43(48)50/h9-10,12-13,15-19,21,23-27,41H,1-2,11,14,20,22,28H2,3-8H3. The van der Waals surface area contributed by atoms with Gasteiger partial charge in [-0.15, -0.1) is 6.58 Å². The van der Waals surface area contributed by atoms with Gasteiger partial charge in [0.2, 0.25) is 0 Å². The van der Waals surface area contributed by atoms with Crippen molar-refractivity contribution in [3.05, 3.63) is 137 Å². The number of carbonyl (C=O) groups excluding carboxylic acids is 1. The highest BCUT2D eigenvalue weighted by Gasteiger charge is 2.34. The fourth-order valence-corrected chi connectivity index (χ4v) is 7.31. The van der Waals surface area contributed by atoms with Gasteiger partial charge in [-0.25, -0.2) is 9.78 Å². The number of ether oxygens (including phenoxy) is 1. The Morgan fingerprint density at radius 2 is 1.63 bits per heavy atom. The van der Waals surface area contributed by atoms with E-state index in [1.54, 1.807) is 23.8 Å². The maximum atomic E-state index is 13.6. The normalized spacial score (nSPS) is 14.3. The Morgan fingerprint density at radius 1 is 0.981 bits per heavy atom. The molecular weight excluding hydrogens is 645 g/mol. The summed E-state index contributed by atoms with van der Waals surface area (Å²) < 4.78 is 7.47. The summed E-state index contributed by atoms with van der Waals surface area (Å²) >= 11 is 0. The van der Waals surface area contributed by atoms with Crippen LogP contribution in [0.2, 0.25) is 0 Å². The summed E-state index contributed by atoms with van der Waals surface area (Å²) in [6, 6.07) is 23.4. The largest absolute Gasteiger partial charge is 0.444 e. The highest BCUT2D eigenvalue weighted by atomic mass is 16.6. The number of aryl methyl sites for hydroxylation is 1. The van der Waals surface area contributed by atoms with Gasteiger partial charge in [0.25, 0.3) is 5.56 Å². The summed E-state index contributed by atoms with van der Waals surface area (Å²) in [7, 11) is 1.79. The minimum absolute atomic E-state index is 0.0924. The Morgan fingerprint density at radius 3 is 2.25 bits per heavy atom. The Balaban J connectivity index is 1.33. The van der Waals surface area contributed by atoms with Crippen molar-refractivity contribution in [3.63, 3.8) is 0 Å². The van der Waals surface area contributed by atoms with E-state index in [0.717, 1.165) is 59.2 Å². The molecule has 52 heavy (non-hydrogen) atoms. The number of allylic oxidation sites excluding steroid dienone is 1. The van der Waals surface area contributed by atoms with Crippen molar-refractivity contribution in [3.8, 4) is 33.4 Å². The molecule has 0 spiro atoms. The second kappa shape index (κ2) is 15.0. The molecular formula is C45H48N4O3. The quantitative estimate of drug-likeness (QED) is 0.108. The monoisotopic (exact) mass is 692 g/mol. The van der Waals surface area contributed by atoms with E-state index < -0.39 is 5.60 Å². The molecule has 0 bridgehead atoms. The van der Waals surface area contributed by atoms with Crippen LogP contribution in [0.25, 0.3) is 45.1 Å². The molecule has 3 aromatic carbocycles. The zero-order valence-electron chi connectivity index (χ0n) is 31.2. The number of aliphatic imine (C=N–C) groups is 1. The molecule has 0 saturated carbocycles. The minimum atomic E-state index is -0.602. The van der Waals surface area contributed by atoms with Crippen LogP contribution >= 0.6 is 0 Å². The number of aromatic nitrogens is 2. The van der Waals surface area contributed by atoms with Crippen molar-refractivity contribution in [1.82, 2.24) is 14.3 Å². The van der Waals surface area contributed by atoms with E-state index in [1.165, 1.54) is 33.9 Å². The van der Waals surface area contributed by atoms with Crippen molar-refractivity contribution >= 4 is 23.5 Å². The number of hydrogen-bond acceptors (Lipinski definition) is 5. The van der Waals surface area contributed by atoms with Gasteiger partial charge in [0, 0.05) is 25.2 Å². The van der Waals surface area contributed by atoms with E-state index in [1.807, 2.05) is 43.9 Å². The zero-order valence-corrected chi connectivity index (χ0v) is 31.2. The van der Waals surface area contributed by atoms with Crippen LogP contribution in [0, 0.1) is 13.8 Å².